The Morgan fingerprint density at radius 2 is 0.828 bits per heavy atom. The van der Waals surface area contributed by atoms with Gasteiger partial charge >= 0.3 is 0 Å². The van der Waals surface area contributed by atoms with E-state index >= 15 is 0 Å². The molecule has 4 aliphatic rings. The van der Waals surface area contributed by atoms with Gasteiger partial charge in [-0.25, -0.2) is 0 Å². The van der Waals surface area contributed by atoms with Crippen molar-refractivity contribution in [1.29, 1.82) is 0 Å². The fourth-order valence-electron chi connectivity index (χ4n) is 9.21. The van der Waals surface area contributed by atoms with Gasteiger partial charge < -0.3 is 20.4 Å². The topological polar surface area (TPSA) is 105 Å². The molecular weight excluding hydrogens is 725 g/mol. The molecule has 0 radical (unpaired) electrons. The van der Waals surface area contributed by atoms with E-state index in [9.17, 15) is 19.2 Å². The highest BCUT2D eigenvalue weighted by atomic mass is 16.2. The second kappa shape index (κ2) is 18.3. The largest absolute Gasteiger partial charge is 0.329 e. The zero-order valence-electron chi connectivity index (χ0n) is 33.2. The molecule has 4 atom stereocenters. The highest BCUT2D eigenvalue weighted by Crippen LogP contribution is 2.29. The summed E-state index contributed by atoms with van der Waals surface area (Å²) in [6.45, 7) is 4.48. The molecule has 4 aromatic rings. The van der Waals surface area contributed by atoms with Crippen molar-refractivity contribution < 1.29 is 19.2 Å². The molecule has 4 amide bonds. The van der Waals surface area contributed by atoms with Crippen LogP contribution < -0.4 is 10.6 Å². The molecule has 4 aliphatic heterocycles. The highest BCUT2D eigenvalue weighted by molar-refractivity contribution is 5.99. The summed E-state index contributed by atoms with van der Waals surface area (Å²) in [5.41, 5.74) is 5.74. The van der Waals surface area contributed by atoms with Crippen LogP contribution in [-0.2, 0) is 32.3 Å². The number of carbonyl (C=O) groups is 4. The van der Waals surface area contributed by atoms with Crippen molar-refractivity contribution in [3.05, 3.63) is 131 Å². The van der Waals surface area contributed by atoms with E-state index in [1.165, 1.54) is 11.1 Å². The first-order chi connectivity index (χ1) is 28.4. The van der Waals surface area contributed by atoms with E-state index in [1.54, 1.807) is 9.80 Å². The van der Waals surface area contributed by atoms with E-state index in [1.807, 2.05) is 97.1 Å². The zero-order chi connectivity index (χ0) is 39.8. The van der Waals surface area contributed by atoms with E-state index in [4.69, 9.17) is 0 Å². The predicted molar refractivity (Wildman–Crippen MR) is 228 cm³/mol. The first kappa shape index (κ1) is 39.3. The highest BCUT2D eigenvalue weighted by Gasteiger charge is 2.42. The number of benzene rings is 4. The third-order valence-electron chi connectivity index (χ3n) is 12.3. The Morgan fingerprint density at radius 1 is 0.466 bits per heavy atom. The first-order valence-corrected chi connectivity index (χ1v) is 21.1. The van der Waals surface area contributed by atoms with Crippen molar-refractivity contribution in [2.24, 2.45) is 0 Å². The average molecular weight is 779 g/mol. The minimum Gasteiger partial charge on any atom is -0.329 e. The molecule has 4 aromatic carbocycles. The number of hydrogen-bond acceptors (Lipinski definition) is 6. The van der Waals surface area contributed by atoms with Crippen LogP contribution in [0, 0.1) is 0 Å². The number of rotatable bonds is 12. The molecule has 10 nitrogen and oxygen atoms in total. The van der Waals surface area contributed by atoms with Crippen LogP contribution in [-0.4, -0.2) is 93.6 Å². The quantitative estimate of drug-likeness (QED) is 0.150. The number of carbonyl (C=O) groups excluding carboxylic acids is 4. The van der Waals surface area contributed by atoms with Gasteiger partial charge in [-0.05, 0) is 111 Å². The molecule has 300 valence electrons. The van der Waals surface area contributed by atoms with Crippen molar-refractivity contribution >= 4 is 47.2 Å². The first-order valence-electron chi connectivity index (χ1n) is 21.1. The van der Waals surface area contributed by atoms with Gasteiger partial charge in [0.25, 0.3) is 0 Å². The minimum absolute atomic E-state index is 0.0694. The molecule has 4 saturated heterocycles. The van der Waals surface area contributed by atoms with E-state index in [0.717, 1.165) is 75.8 Å². The van der Waals surface area contributed by atoms with Crippen LogP contribution >= 0.6 is 0 Å². The lowest BCUT2D eigenvalue weighted by molar-refractivity contribution is -0.140. The normalized spacial score (nSPS) is 22.5. The van der Waals surface area contributed by atoms with Crippen LogP contribution in [0.15, 0.2) is 109 Å². The number of hydrogen-bond donors (Lipinski definition) is 2. The number of amides is 4. The lowest BCUT2D eigenvalue weighted by Gasteiger charge is -2.31. The second-order valence-corrected chi connectivity index (χ2v) is 16.2. The van der Waals surface area contributed by atoms with Gasteiger partial charge in [0.1, 0.15) is 12.1 Å². The molecular formula is C48H54N6O4. The van der Waals surface area contributed by atoms with Crippen LogP contribution in [0.1, 0.15) is 73.6 Å². The molecule has 8 rings (SSSR count). The van der Waals surface area contributed by atoms with Crippen molar-refractivity contribution in [3.63, 3.8) is 0 Å². The van der Waals surface area contributed by atoms with Crippen LogP contribution in [0.3, 0.4) is 0 Å². The standard InChI is InChI=1S/C48H54N6O4/c55-45(41-15-9-31-53(41)47(57)43-17-7-29-51(43)33-37-11-3-1-4-12-37)49-39-25-21-35(22-26-39)19-20-36-23-27-40(28-24-36)50-46(56)42-16-10-32-54(42)48(58)44-18-8-30-52(44)34-38-13-5-2-6-14-38/h1-6,11-14,19-28,41-44H,7-10,15-18,29-34H2,(H,49,55)(H,50,56)/b20-19+/t41-,42-,43-,44-/m0/s1. The van der Waals surface area contributed by atoms with Crippen LogP contribution in [0.25, 0.3) is 12.2 Å². The molecule has 0 aromatic heterocycles. The number of nitrogens with one attached hydrogen (secondary N) is 2. The van der Waals surface area contributed by atoms with Gasteiger partial charge in [-0.2, -0.15) is 0 Å². The Kier molecular flexibility index (Phi) is 12.4. The fraction of sp³-hybridized carbons (Fsp3) is 0.375. The molecule has 58 heavy (non-hydrogen) atoms. The Balaban J connectivity index is 0.813. The molecule has 2 N–H and O–H groups in total. The van der Waals surface area contributed by atoms with Crippen molar-refractivity contribution in [3.8, 4) is 0 Å². The second-order valence-electron chi connectivity index (χ2n) is 16.2. The van der Waals surface area contributed by atoms with Gasteiger partial charge in [0.05, 0.1) is 12.1 Å². The van der Waals surface area contributed by atoms with Crippen molar-refractivity contribution in [1.82, 2.24) is 19.6 Å². The van der Waals surface area contributed by atoms with Crippen molar-refractivity contribution in [2.75, 3.05) is 36.8 Å². The van der Waals surface area contributed by atoms with Gasteiger partial charge in [-0.15, -0.1) is 0 Å². The Bertz CT molecular complexity index is 1920. The number of nitrogens with zero attached hydrogens (tertiary/aromatic N) is 4. The van der Waals surface area contributed by atoms with Gasteiger partial charge in [-0.3, -0.25) is 29.0 Å². The summed E-state index contributed by atoms with van der Waals surface area (Å²) in [5, 5.41) is 6.12. The molecule has 0 aliphatic carbocycles. The third kappa shape index (κ3) is 9.24. The molecule has 4 heterocycles. The molecule has 0 spiro atoms. The summed E-state index contributed by atoms with van der Waals surface area (Å²) in [6.07, 6.45) is 10.6. The van der Waals surface area contributed by atoms with E-state index < -0.39 is 12.1 Å². The van der Waals surface area contributed by atoms with Gasteiger partial charge in [0.15, 0.2) is 0 Å². The number of likely N-dealkylation sites (tertiary alicyclic amines) is 4. The van der Waals surface area contributed by atoms with Gasteiger partial charge in [0, 0.05) is 37.6 Å². The van der Waals surface area contributed by atoms with Gasteiger partial charge in [-0.1, -0.05) is 97.1 Å². The predicted octanol–water partition coefficient (Wildman–Crippen LogP) is 7.05. The molecule has 4 fully saturated rings. The summed E-state index contributed by atoms with van der Waals surface area (Å²) in [6, 6.07) is 34.6. The van der Waals surface area contributed by atoms with Crippen LogP contribution in [0.5, 0.6) is 0 Å². The monoisotopic (exact) mass is 778 g/mol. The smallest absolute Gasteiger partial charge is 0.247 e. The lowest BCUT2D eigenvalue weighted by atomic mass is 10.1. The maximum absolute atomic E-state index is 13.8. The fourth-order valence-corrected chi connectivity index (χ4v) is 9.21. The summed E-state index contributed by atoms with van der Waals surface area (Å²) >= 11 is 0. The summed E-state index contributed by atoms with van der Waals surface area (Å²) in [4.78, 5) is 62.6. The van der Waals surface area contributed by atoms with E-state index in [0.29, 0.717) is 37.3 Å². The number of anilines is 2. The summed E-state index contributed by atoms with van der Waals surface area (Å²) in [5.74, 6) is -0.138. The lowest BCUT2D eigenvalue weighted by Crippen LogP contribution is -2.50. The summed E-state index contributed by atoms with van der Waals surface area (Å²) in [7, 11) is 0. The maximum atomic E-state index is 13.8. The van der Waals surface area contributed by atoms with Crippen LogP contribution in [0.2, 0.25) is 0 Å². The van der Waals surface area contributed by atoms with E-state index in [-0.39, 0.29) is 35.7 Å². The molecule has 10 heteroatoms. The molecule has 0 bridgehead atoms. The molecule has 0 saturated carbocycles. The Labute approximate surface area is 341 Å². The average Bonchev–Trinajstić information content (AvgIpc) is 4.10. The molecule has 0 unspecified atom stereocenters. The Hall–Kier alpha value is -5.58. The van der Waals surface area contributed by atoms with Gasteiger partial charge in [0.2, 0.25) is 23.6 Å². The zero-order valence-corrected chi connectivity index (χ0v) is 33.2. The third-order valence-corrected chi connectivity index (χ3v) is 12.3. The minimum atomic E-state index is -0.466. The summed E-state index contributed by atoms with van der Waals surface area (Å²) < 4.78 is 0. The Morgan fingerprint density at radius 3 is 1.22 bits per heavy atom. The maximum Gasteiger partial charge on any atom is 0.247 e. The van der Waals surface area contributed by atoms with Crippen LogP contribution in [0.4, 0.5) is 11.4 Å². The van der Waals surface area contributed by atoms with Crippen molar-refractivity contribution in [2.45, 2.75) is 88.6 Å². The SMILES string of the molecule is O=C(Nc1ccc(/C=C/c2ccc(NC(=O)[C@@H]3CCCN3C(=O)[C@@H]3CCCN3Cc3ccccc3)cc2)cc1)[C@@H]1CCCN1C(=O)[C@@H]1CCCN1Cc1ccccc1. The van der Waals surface area contributed by atoms with E-state index in [2.05, 4.69) is 44.7 Å².